The van der Waals surface area contributed by atoms with Crippen molar-refractivity contribution in [3.05, 3.63) is 34.7 Å². The number of hydrogen-bond donors (Lipinski definition) is 4. The van der Waals surface area contributed by atoms with Crippen LogP contribution in [0.2, 0.25) is 0 Å². The summed E-state index contributed by atoms with van der Waals surface area (Å²) >= 11 is 0. The monoisotopic (exact) mass is 326 g/mol. The first-order valence-electron chi connectivity index (χ1n) is 6.98. The Balaban J connectivity index is 0.00000176. The molecule has 2 atom stereocenters. The van der Waals surface area contributed by atoms with E-state index in [0.29, 0.717) is 30.7 Å². The van der Waals surface area contributed by atoms with E-state index < -0.39 is 6.10 Å². The van der Waals surface area contributed by atoms with Crippen LogP contribution in [0, 0.1) is 5.92 Å². The number of nitrogens with zero attached hydrogens (tertiary/aromatic N) is 1. The molecular formula is C14H19ClN4O3. The fourth-order valence-electron chi connectivity index (χ4n) is 2.64. The van der Waals surface area contributed by atoms with Gasteiger partial charge >= 0.3 is 5.69 Å². The maximum atomic E-state index is 12.0. The molecule has 0 bridgehead atoms. The van der Waals surface area contributed by atoms with E-state index in [-0.39, 0.29) is 36.5 Å². The van der Waals surface area contributed by atoms with Gasteiger partial charge in [-0.3, -0.25) is 9.36 Å². The summed E-state index contributed by atoms with van der Waals surface area (Å²) in [6.07, 6.45) is -0.430. The number of aliphatic hydroxyl groups excluding tert-OH is 1. The van der Waals surface area contributed by atoms with Crippen LogP contribution in [0.1, 0.15) is 0 Å². The van der Waals surface area contributed by atoms with Gasteiger partial charge in [0.15, 0.2) is 0 Å². The third kappa shape index (κ3) is 3.32. The summed E-state index contributed by atoms with van der Waals surface area (Å²) in [6.45, 7) is 1.63. The van der Waals surface area contributed by atoms with Crippen LogP contribution in [0.4, 0.5) is 0 Å². The zero-order valence-corrected chi connectivity index (χ0v) is 12.7. The molecule has 0 radical (unpaired) electrons. The molecule has 7 nitrogen and oxygen atoms in total. The fourth-order valence-corrected chi connectivity index (χ4v) is 2.64. The van der Waals surface area contributed by atoms with Gasteiger partial charge in [-0.05, 0) is 12.1 Å². The standard InChI is InChI=1S/C14H18N4O3.ClH/c19-12-7-15-5-9(12)6-16-13(20)8-18-11-4-2-1-3-10(11)17-14(18)21;/h1-4,9,12,15,19H,5-8H2,(H,16,20)(H,17,21);1H. The summed E-state index contributed by atoms with van der Waals surface area (Å²) in [5.41, 5.74) is 1.12. The van der Waals surface area contributed by atoms with E-state index in [1.165, 1.54) is 4.57 Å². The lowest BCUT2D eigenvalue weighted by Crippen LogP contribution is -2.37. The summed E-state index contributed by atoms with van der Waals surface area (Å²) in [4.78, 5) is 26.6. The first kappa shape index (κ1) is 16.5. The summed E-state index contributed by atoms with van der Waals surface area (Å²) in [7, 11) is 0. The van der Waals surface area contributed by atoms with E-state index in [2.05, 4.69) is 15.6 Å². The topological polar surface area (TPSA) is 99.2 Å². The molecule has 1 aromatic heterocycles. The van der Waals surface area contributed by atoms with Crippen LogP contribution in [-0.2, 0) is 11.3 Å². The van der Waals surface area contributed by atoms with Crippen LogP contribution in [0.15, 0.2) is 29.1 Å². The van der Waals surface area contributed by atoms with Gasteiger partial charge in [-0.1, -0.05) is 12.1 Å². The first-order chi connectivity index (χ1) is 10.1. The highest BCUT2D eigenvalue weighted by molar-refractivity contribution is 5.85. The molecule has 0 saturated carbocycles. The number of fused-ring (bicyclic) bond motifs is 1. The predicted octanol–water partition coefficient (Wildman–Crippen LogP) is -0.552. The molecule has 1 fully saturated rings. The van der Waals surface area contributed by atoms with Crippen LogP contribution in [0.3, 0.4) is 0 Å². The number of H-pyrrole nitrogens is 1. The number of para-hydroxylation sites is 2. The Labute approximate surface area is 133 Å². The number of imidazole rings is 1. The smallest absolute Gasteiger partial charge is 0.326 e. The molecule has 2 heterocycles. The number of carbonyl (C=O) groups excluding carboxylic acids is 1. The maximum Gasteiger partial charge on any atom is 0.326 e. The Morgan fingerprint density at radius 1 is 1.36 bits per heavy atom. The molecule has 3 rings (SSSR count). The second kappa shape index (κ2) is 6.95. The second-order valence-corrected chi connectivity index (χ2v) is 5.32. The molecule has 0 aliphatic carbocycles. The Hall–Kier alpha value is -1.83. The Morgan fingerprint density at radius 3 is 2.86 bits per heavy atom. The molecular weight excluding hydrogens is 308 g/mol. The number of rotatable bonds is 4. The van der Waals surface area contributed by atoms with Crippen molar-refractivity contribution in [1.82, 2.24) is 20.2 Å². The van der Waals surface area contributed by atoms with Gasteiger partial charge < -0.3 is 20.7 Å². The highest BCUT2D eigenvalue weighted by Crippen LogP contribution is 2.09. The number of aromatic nitrogens is 2. The van der Waals surface area contributed by atoms with E-state index in [1.54, 1.807) is 12.1 Å². The average molecular weight is 327 g/mol. The Kier molecular flexibility index (Phi) is 5.23. The highest BCUT2D eigenvalue weighted by Gasteiger charge is 2.25. The lowest BCUT2D eigenvalue weighted by molar-refractivity contribution is -0.121. The van der Waals surface area contributed by atoms with Crippen molar-refractivity contribution in [1.29, 1.82) is 0 Å². The number of aliphatic hydroxyl groups is 1. The third-order valence-corrected chi connectivity index (χ3v) is 3.85. The zero-order valence-electron chi connectivity index (χ0n) is 11.9. The lowest BCUT2D eigenvalue weighted by Gasteiger charge is -2.14. The highest BCUT2D eigenvalue weighted by atomic mass is 35.5. The molecule has 22 heavy (non-hydrogen) atoms. The Morgan fingerprint density at radius 2 is 2.14 bits per heavy atom. The fraction of sp³-hybridized carbons (Fsp3) is 0.429. The van der Waals surface area contributed by atoms with E-state index in [9.17, 15) is 14.7 Å². The summed E-state index contributed by atoms with van der Waals surface area (Å²) in [5.74, 6) is -0.213. The molecule has 1 amide bonds. The number of halogens is 1. The average Bonchev–Trinajstić information content (AvgIpc) is 3.01. The summed E-state index contributed by atoms with van der Waals surface area (Å²) in [6, 6.07) is 7.25. The first-order valence-corrected chi connectivity index (χ1v) is 6.98. The molecule has 1 aromatic carbocycles. The number of β-amino-alcohol motifs (C(OH)–C–C–N with tert-alkyl or cyclic N) is 1. The van der Waals surface area contributed by atoms with Gasteiger partial charge in [0.1, 0.15) is 6.54 Å². The van der Waals surface area contributed by atoms with Crippen LogP contribution in [0.25, 0.3) is 11.0 Å². The van der Waals surface area contributed by atoms with Crippen molar-refractivity contribution < 1.29 is 9.90 Å². The minimum absolute atomic E-state index is 0. The van der Waals surface area contributed by atoms with Crippen LogP contribution >= 0.6 is 12.4 Å². The molecule has 0 spiro atoms. The second-order valence-electron chi connectivity index (χ2n) is 5.32. The van der Waals surface area contributed by atoms with Crippen molar-refractivity contribution in [3.63, 3.8) is 0 Å². The predicted molar refractivity (Wildman–Crippen MR) is 85.2 cm³/mol. The van der Waals surface area contributed by atoms with E-state index in [1.807, 2.05) is 12.1 Å². The van der Waals surface area contributed by atoms with Crippen LogP contribution in [-0.4, -0.2) is 46.3 Å². The number of amides is 1. The van der Waals surface area contributed by atoms with Gasteiger partial charge in [0.25, 0.3) is 0 Å². The molecule has 2 aromatic rings. The number of aromatic amines is 1. The van der Waals surface area contributed by atoms with Gasteiger partial charge in [0, 0.05) is 25.6 Å². The van der Waals surface area contributed by atoms with Gasteiger partial charge in [0.05, 0.1) is 17.1 Å². The van der Waals surface area contributed by atoms with Crippen molar-refractivity contribution in [2.75, 3.05) is 19.6 Å². The molecule has 120 valence electrons. The largest absolute Gasteiger partial charge is 0.391 e. The number of carbonyl (C=O) groups is 1. The van der Waals surface area contributed by atoms with Crippen molar-refractivity contribution >= 4 is 29.3 Å². The van der Waals surface area contributed by atoms with E-state index >= 15 is 0 Å². The van der Waals surface area contributed by atoms with Crippen molar-refractivity contribution in [2.24, 2.45) is 5.92 Å². The lowest BCUT2D eigenvalue weighted by atomic mass is 10.1. The molecule has 1 aliphatic heterocycles. The van der Waals surface area contributed by atoms with Crippen LogP contribution in [0.5, 0.6) is 0 Å². The molecule has 1 saturated heterocycles. The summed E-state index contributed by atoms with van der Waals surface area (Å²) in [5, 5.41) is 15.5. The van der Waals surface area contributed by atoms with Gasteiger partial charge in [0.2, 0.25) is 5.91 Å². The minimum Gasteiger partial charge on any atom is -0.391 e. The van der Waals surface area contributed by atoms with Crippen molar-refractivity contribution in [2.45, 2.75) is 12.6 Å². The number of hydrogen-bond acceptors (Lipinski definition) is 4. The maximum absolute atomic E-state index is 12.0. The quantitative estimate of drug-likeness (QED) is 0.606. The third-order valence-electron chi connectivity index (χ3n) is 3.85. The molecule has 1 aliphatic rings. The normalized spacial score (nSPS) is 20.8. The van der Waals surface area contributed by atoms with E-state index in [0.717, 1.165) is 0 Å². The number of benzene rings is 1. The molecule has 2 unspecified atom stereocenters. The molecule has 8 heteroatoms. The van der Waals surface area contributed by atoms with Crippen LogP contribution < -0.4 is 16.3 Å². The van der Waals surface area contributed by atoms with Crippen molar-refractivity contribution in [3.8, 4) is 0 Å². The van der Waals surface area contributed by atoms with Gasteiger partial charge in [-0.2, -0.15) is 0 Å². The Bertz CT molecular complexity index is 711. The molecule has 4 N–H and O–H groups in total. The van der Waals surface area contributed by atoms with Gasteiger partial charge in [-0.15, -0.1) is 12.4 Å². The number of nitrogens with one attached hydrogen (secondary N) is 3. The SMILES string of the molecule is Cl.O=C(Cn1c(=O)[nH]c2ccccc21)NCC1CNCC1O. The minimum atomic E-state index is -0.430. The summed E-state index contributed by atoms with van der Waals surface area (Å²) < 4.78 is 1.41. The van der Waals surface area contributed by atoms with Gasteiger partial charge in [-0.25, -0.2) is 4.79 Å². The van der Waals surface area contributed by atoms with E-state index in [4.69, 9.17) is 0 Å². The zero-order chi connectivity index (χ0) is 14.8.